The van der Waals surface area contributed by atoms with E-state index in [1.807, 2.05) is 19.1 Å². The maximum Gasteiger partial charge on any atom is 0.248 e. The molecule has 0 bridgehead atoms. The fourth-order valence-corrected chi connectivity index (χ4v) is 2.58. The molecular weight excluding hydrogens is 509 g/mol. The van der Waals surface area contributed by atoms with Gasteiger partial charge < -0.3 is 24.7 Å². The van der Waals surface area contributed by atoms with Crippen molar-refractivity contribution < 1.29 is 14.0 Å². The minimum absolute atomic E-state index is 0. The highest BCUT2D eigenvalue weighted by atomic mass is 127. The monoisotopic (exact) mass is 531 g/mol. The van der Waals surface area contributed by atoms with E-state index in [2.05, 4.69) is 25.8 Å². The first kappa shape index (κ1) is 23.2. The number of hydrogen-bond donors (Lipinski definition) is 3. The maximum atomic E-state index is 10.5. The molecule has 1 atom stereocenters. The second kappa shape index (κ2) is 10.6. The summed E-state index contributed by atoms with van der Waals surface area (Å²) in [5, 5.41) is 21.3. The van der Waals surface area contributed by atoms with E-state index in [4.69, 9.17) is 20.5 Å². The molecule has 8 nitrogen and oxygen atoms in total. The summed E-state index contributed by atoms with van der Waals surface area (Å²) in [5.41, 5.74) is -0.366. The molecule has 1 unspecified atom stereocenters. The van der Waals surface area contributed by atoms with Crippen LogP contribution in [-0.4, -0.2) is 34.3 Å². The van der Waals surface area contributed by atoms with Crippen LogP contribution in [0.3, 0.4) is 0 Å². The molecule has 1 aromatic carbocycles. The maximum absolute atomic E-state index is 10.5. The summed E-state index contributed by atoms with van der Waals surface area (Å²) in [6.45, 7) is 4.69. The Morgan fingerprint density at radius 1 is 1.24 bits per heavy atom. The predicted octanol–water partition coefficient (Wildman–Crippen LogP) is 3.56. The van der Waals surface area contributed by atoms with Crippen LogP contribution in [0.15, 0.2) is 56.6 Å². The third-order valence-electron chi connectivity index (χ3n) is 3.94. The zero-order chi connectivity index (χ0) is 20.0. The molecule has 0 saturated heterocycles. The Labute approximate surface area is 190 Å². The summed E-state index contributed by atoms with van der Waals surface area (Å²) in [7, 11) is 0. The van der Waals surface area contributed by atoms with Gasteiger partial charge in [0.25, 0.3) is 0 Å². The SMILES string of the molecule is CCNC(=NCc1nc(-c2ccc(Cl)cc2)no1)NCC(C)(O)c1ccco1.I. The van der Waals surface area contributed by atoms with Crippen LogP contribution in [-0.2, 0) is 12.1 Å². The molecule has 0 spiro atoms. The van der Waals surface area contributed by atoms with Crippen LogP contribution in [0, 0.1) is 0 Å². The standard InChI is InChI=1S/C19H22ClN5O3.HI/c1-3-21-18(23-12-19(2,26)15-5-4-10-27-15)22-11-16-24-17(25-28-16)13-6-8-14(20)9-7-13;/h4-10,26H,3,11-12H2,1-2H3,(H2,21,22,23);1H. The van der Waals surface area contributed by atoms with Gasteiger partial charge in [-0.3, -0.25) is 0 Å². The average Bonchev–Trinajstić information content (AvgIpc) is 3.37. The van der Waals surface area contributed by atoms with Gasteiger partial charge in [-0.2, -0.15) is 4.98 Å². The van der Waals surface area contributed by atoms with Crippen LogP contribution < -0.4 is 10.6 Å². The van der Waals surface area contributed by atoms with E-state index in [1.54, 1.807) is 31.2 Å². The third kappa shape index (κ3) is 6.44. The summed E-state index contributed by atoms with van der Waals surface area (Å²) in [5.74, 6) is 1.83. The molecule has 0 aliphatic rings. The summed E-state index contributed by atoms with van der Waals surface area (Å²) < 4.78 is 10.5. The number of nitrogens with one attached hydrogen (secondary N) is 2. The Bertz CT molecular complexity index is 910. The highest BCUT2D eigenvalue weighted by Crippen LogP contribution is 2.20. The van der Waals surface area contributed by atoms with Gasteiger partial charge in [-0.15, -0.1) is 24.0 Å². The van der Waals surface area contributed by atoms with Gasteiger partial charge in [0.1, 0.15) is 17.9 Å². The van der Waals surface area contributed by atoms with Crippen LogP contribution in [0.1, 0.15) is 25.5 Å². The number of halogens is 2. The highest BCUT2D eigenvalue weighted by molar-refractivity contribution is 14.0. The van der Waals surface area contributed by atoms with Gasteiger partial charge in [-0.05, 0) is 50.2 Å². The van der Waals surface area contributed by atoms with E-state index in [-0.39, 0.29) is 37.1 Å². The molecule has 156 valence electrons. The molecule has 2 aromatic heterocycles. The van der Waals surface area contributed by atoms with Crippen LogP contribution >= 0.6 is 35.6 Å². The Morgan fingerprint density at radius 2 is 2.00 bits per heavy atom. The van der Waals surface area contributed by atoms with Crippen molar-refractivity contribution in [2.45, 2.75) is 26.0 Å². The number of aromatic nitrogens is 2. The molecule has 0 aliphatic carbocycles. The lowest BCUT2D eigenvalue weighted by Crippen LogP contribution is -2.44. The molecule has 29 heavy (non-hydrogen) atoms. The zero-order valence-corrected chi connectivity index (χ0v) is 19.1. The Morgan fingerprint density at radius 3 is 2.66 bits per heavy atom. The smallest absolute Gasteiger partial charge is 0.248 e. The van der Waals surface area contributed by atoms with Crippen molar-refractivity contribution in [3.8, 4) is 11.4 Å². The van der Waals surface area contributed by atoms with Crippen LogP contribution in [0.5, 0.6) is 0 Å². The number of aliphatic imine (C=N–C) groups is 1. The van der Waals surface area contributed by atoms with Crippen molar-refractivity contribution in [3.63, 3.8) is 0 Å². The van der Waals surface area contributed by atoms with E-state index in [0.717, 1.165) is 5.56 Å². The topological polar surface area (TPSA) is 109 Å². The van der Waals surface area contributed by atoms with Gasteiger partial charge in [0.05, 0.1) is 12.8 Å². The number of nitrogens with zero attached hydrogens (tertiary/aromatic N) is 3. The second-order valence-corrected chi connectivity index (χ2v) is 6.75. The fourth-order valence-electron chi connectivity index (χ4n) is 2.45. The number of furan rings is 1. The van der Waals surface area contributed by atoms with Crippen LogP contribution in [0.2, 0.25) is 5.02 Å². The zero-order valence-electron chi connectivity index (χ0n) is 16.1. The van der Waals surface area contributed by atoms with Gasteiger partial charge in [0.2, 0.25) is 11.7 Å². The number of rotatable bonds is 7. The van der Waals surface area contributed by atoms with E-state index in [9.17, 15) is 5.11 Å². The Balaban J connectivity index is 0.00000300. The first-order valence-electron chi connectivity index (χ1n) is 8.85. The molecule has 0 aliphatic heterocycles. The first-order valence-corrected chi connectivity index (χ1v) is 9.23. The number of hydrogen-bond acceptors (Lipinski definition) is 6. The summed E-state index contributed by atoms with van der Waals surface area (Å²) in [6, 6.07) is 10.6. The van der Waals surface area contributed by atoms with Crippen LogP contribution in [0.25, 0.3) is 11.4 Å². The predicted molar refractivity (Wildman–Crippen MR) is 121 cm³/mol. The van der Waals surface area contributed by atoms with Gasteiger partial charge in [-0.25, -0.2) is 4.99 Å². The van der Waals surface area contributed by atoms with Crippen molar-refractivity contribution in [1.29, 1.82) is 0 Å². The van der Waals surface area contributed by atoms with E-state index >= 15 is 0 Å². The third-order valence-corrected chi connectivity index (χ3v) is 4.19. The minimum Gasteiger partial charge on any atom is -0.466 e. The Hall–Kier alpha value is -2.11. The van der Waals surface area contributed by atoms with Gasteiger partial charge >= 0.3 is 0 Å². The molecule has 0 amide bonds. The van der Waals surface area contributed by atoms with Crippen molar-refractivity contribution >= 4 is 41.5 Å². The lowest BCUT2D eigenvalue weighted by molar-refractivity contribution is 0.0386. The van der Waals surface area contributed by atoms with Crippen LogP contribution in [0.4, 0.5) is 0 Å². The number of aliphatic hydroxyl groups is 1. The average molecular weight is 532 g/mol. The molecule has 0 saturated carbocycles. The van der Waals surface area contributed by atoms with Crippen molar-refractivity contribution in [1.82, 2.24) is 20.8 Å². The molecule has 0 radical (unpaired) electrons. The minimum atomic E-state index is -1.17. The van der Waals surface area contributed by atoms with Crippen molar-refractivity contribution in [3.05, 3.63) is 59.3 Å². The highest BCUT2D eigenvalue weighted by Gasteiger charge is 2.26. The first-order chi connectivity index (χ1) is 13.5. The fraction of sp³-hybridized carbons (Fsp3) is 0.316. The Kier molecular flexibility index (Phi) is 8.47. The van der Waals surface area contributed by atoms with Gasteiger partial charge in [0.15, 0.2) is 5.96 Å². The number of guanidine groups is 1. The summed E-state index contributed by atoms with van der Waals surface area (Å²) in [4.78, 5) is 8.77. The van der Waals surface area contributed by atoms with Crippen molar-refractivity contribution in [2.24, 2.45) is 4.99 Å². The van der Waals surface area contributed by atoms with Gasteiger partial charge in [0, 0.05) is 17.1 Å². The largest absolute Gasteiger partial charge is 0.466 e. The molecule has 0 fully saturated rings. The molecule has 3 aromatic rings. The lowest BCUT2D eigenvalue weighted by atomic mass is 10.0. The van der Waals surface area contributed by atoms with E-state index in [1.165, 1.54) is 6.26 Å². The van der Waals surface area contributed by atoms with Crippen molar-refractivity contribution in [2.75, 3.05) is 13.1 Å². The van der Waals surface area contributed by atoms with Gasteiger partial charge in [-0.1, -0.05) is 16.8 Å². The summed E-state index contributed by atoms with van der Waals surface area (Å²) in [6.07, 6.45) is 1.52. The molecule has 10 heteroatoms. The molecule has 2 heterocycles. The summed E-state index contributed by atoms with van der Waals surface area (Å²) >= 11 is 5.89. The molecule has 3 N–H and O–H groups in total. The molecule has 3 rings (SSSR count). The lowest BCUT2D eigenvalue weighted by Gasteiger charge is -2.22. The number of benzene rings is 1. The molecular formula is C19H23ClIN5O3. The van der Waals surface area contributed by atoms with E-state index < -0.39 is 5.60 Å². The normalized spacial score (nSPS) is 13.4. The quantitative estimate of drug-likeness (QED) is 0.243. The van der Waals surface area contributed by atoms with E-state index in [0.29, 0.717) is 35.0 Å². The second-order valence-electron chi connectivity index (χ2n) is 6.32.